The average Bonchev–Trinajstić information content (AvgIpc) is 2.66. The minimum atomic E-state index is -0.239. The van der Waals surface area contributed by atoms with Gasteiger partial charge >= 0.3 is 0 Å². The lowest BCUT2D eigenvalue weighted by molar-refractivity contribution is -0.146. The molecule has 4 aliphatic carbocycles. The summed E-state index contributed by atoms with van der Waals surface area (Å²) in [4.78, 5) is 38.6. The SMILES string of the molecule is CC(=O)N(C)Cc1ccccc1NC(=O)CNC(=O)C12CC3CC(CC(C3)C1)C2. The second kappa shape index (κ2) is 7.81. The Bertz CT molecular complexity index is 784. The van der Waals surface area contributed by atoms with Crippen LogP contribution in [0.1, 0.15) is 51.0 Å². The van der Waals surface area contributed by atoms with Crippen LogP contribution in [-0.2, 0) is 20.9 Å². The van der Waals surface area contributed by atoms with E-state index in [0.29, 0.717) is 30.0 Å². The average molecular weight is 398 g/mol. The van der Waals surface area contributed by atoms with Crippen LogP contribution in [0.15, 0.2) is 24.3 Å². The molecule has 4 fully saturated rings. The summed E-state index contributed by atoms with van der Waals surface area (Å²) in [5, 5.41) is 5.82. The van der Waals surface area contributed by atoms with E-state index < -0.39 is 0 Å². The van der Waals surface area contributed by atoms with Crippen LogP contribution in [0.5, 0.6) is 0 Å². The van der Waals surface area contributed by atoms with Crippen molar-refractivity contribution < 1.29 is 14.4 Å². The molecule has 1 aromatic rings. The van der Waals surface area contributed by atoms with E-state index in [1.54, 1.807) is 11.9 Å². The first-order valence-corrected chi connectivity index (χ1v) is 10.7. The maximum Gasteiger partial charge on any atom is 0.243 e. The van der Waals surface area contributed by atoms with Crippen molar-refractivity contribution in [2.45, 2.75) is 52.0 Å². The molecule has 3 amide bonds. The van der Waals surface area contributed by atoms with Gasteiger partial charge in [0.15, 0.2) is 0 Å². The molecule has 2 N–H and O–H groups in total. The number of rotatable bonds is 6. The number of hydrogen-bond acceptors (Lipinski definition) is 3. The number of hydrogen-bond donors (Lipinski definition) is 2. The zero-order chi connectivity index (χ0) is 20.6. The fraction of sp³-hybridized carbons (Fsp3) is 0.609. The lowest BCUT2D eigenvalue weighted by Crippen LogP contribution is -2.54. The highest BCUT2D eigenvalue weighted by Crippen LogP contribution is 2.60. The van der Waals surface area contributed by atoms with Gasteiger partial charge in [0, 0.05) is 31.6 Å². The summed E-state index contributed by atoms with van der Waals surface area (Å²) in [5.41, 5.74) is 1.30. The topological polar surface area (TPSA) is 78.5 Å². The molecule has 0 spiro atoms. The smallest absolute Gasteiger partial charge is 0.243 e. The molecule has 6 heteroatoms. The van der Waals surface area contributed by atoms with Crippen molar-refractivity contribution in [3.63, 3.8) is 0 Å². The molecule has 0 heterocycles. The van der Waals surface area contributed by atoms with Crippen LogP contribution in [0.3, 0.4) is 0 Å². The molecule has 0 radical (unpaired) electrons. The Morgan fingerprint density at radius 1 is 1.03 bits per heavy atom. The highest BCUT2D eigenvalue weighted by molar-refractivity contribution is 5.96. The number of amides is 3. The minimum Gasteiger partial charge on any atom is -0.347 e. The first kappa shape index (κ1) is 19.9. The number of carbonyl (C=O) groups excluding carboxylic acids is 3. The molecular formula is C23H31N3O3. The zero-order valence-electron chi connectivity index (χ0n) is 17.4. The van der Waals surface area contributed by atoms with Crippen LogP contribution in [0.4, 0.5) is 5.69 Å². The van der Waals surface area contributed by atoms with Gasteiger partial charge in [0.25, 0.3) is 0 Å². The Kier molecular flexibility index (Phi) is 5.36. The van der Waals surface area contributed by atoms with Crippen LogP contribution in [0.25, 0.3) is 0 Å². The van der Waals surface area contributed by atoms with Crippen molar-refractivity contribution in [1.29, 1.82) is 0 Å². The van der Waals surface area contributed by atoms with Gasteiger partial charge in [-0.3, -0.25) is 14.4 Å². The molecule has 29 heavy (non-hydrogen) atoms. The summed E-state index contributed by atoms with van der Waals surface area (Å²) >= 11 is 0. The molecule has 6 nitrogen and oxygen atoms in total. The zero-order valence-corrected chi connectivity index (χ0v) is 17.4. The molecule has 4 saturated carbocycles. The lowest BCUT2D eigenvalue weighted by atomic mass is 9.49. The third-order valence-corrected chi connectivity index (χ3v) is 7.17. The molecular weight excluding hydrogens is 366 g/mol. The standard InChI is InChI=1S/C23H31N3O3/c1-15(27)26(2)14-19-5-3-4-6-20(19)25-21(28)13-24-22(29)23-10-16-7-17(11-23)9-18(8-16)12-23/h3-6,16-18H,7-14H2,1-2H3,(H,24,29)(H,25,28). The fourth-order valence-electron chi connectivity index (χ4n) is 6.08. The molecule has 0 saturated heterocycles. The number of nitrogens with zero attached hydrogens (tertiary/aromatic N) is 1. The van der Waals surface area contributed by atoms with E-state index in [0.717, 1.165) is 24.8 Å². The Morgan fingerprint density at radius 3 is 2.21 bits per heavy atom. The summed E-state index contributed by atoms with van der Waals surface area (Å²) in [7, 11) is 1.73. The van der Waals surface area contributed by atoms with Crippen molar-refractivity contribution in [2.24, 2.45) is 23.2 Å². The second-order valence-corrected chi connectivity index (χ2v) is 9.46. The number of para-hydroxylation sites is 1. The molecule has 4 bridgehead atoms. The van der Waals surface area contributed by atoms with E-state index in [4.69, 9.17) is 0 Å². The van der Waals surface area contributed by atoms with Gasteiger partial charge in [-0.1, -0.05) is 18.2 Å². The van der Waals surface area contributed by atoms with E-state index in [1.165, 1.54) is 26.2 Å². The quantitative estimate of drug-likeness (QED) is 0.775. The molecule has 4 aliphatic rings. The molecule has 0 aromatic heterocycles. The summed E-state index contributed by atoms with van der Waals surface area (Å²) in [6.07, 6.45) is 6.85. The number of nitrogens with one attached hydrogen (secondary N) is 2. The van der Waals surface area contributed by atoms with Gasteiger partial charge < -0.3 is 15.5 Å². The summed E-state index contributed by atoms with van der Waals surface area (Å²) < 4.78 is 0. The molecule has 1 aromatic carbocycles. The van der Waals surface area contributed by atoms with Crippen LogP contribution >= 0.6 is 0 Å². The van der Waals surface area contributed by atoms with Gasteiger partial charge in [-0.15, -0.1) is 0 Å². The van der Waals surface area contributed by atoms with Gasteiger partial charge in [-0.25, -0.2) is 0 Å². The van der Waals surface area contributed by atoms with Gasteiger partial charge in [0.2, 0.25) is 17.7 Å². The Labute approximate surface area is 172 Å². The monoisotopic (exact) mass is 397 g/mol. The van der Waals surface area contributed by atoms with Crippen molar-refractivity contribution in [3.05, 3.63) is 29.8 Å². The molecule has 0 aliphatic heterocycles. The largest absolute Gasteiger partial charge is 0.347 e. The predicted octanol–water partition coefficient (Wildman–Crippen LogP) is 2.94. The Hall–Kier alpha value is -2.37. The van der Waals surface area contributed by atoms with E-state index in [2.05, 4.69) is 10.6 Å². The van der Waals surface area contributed by atoms with Crippen molar-refractivity contribution in [1.82, 2.24) is 10.2 Å². The maximum atomic E-state index is 13.0. The minimum absolute atomic E-state index is 0.0164. The van der Waals surface area contributed by atoms with Gasteiger partial charge in [0.05, 0.1) is 6.54 Å². The summed E-state index contributed by atoms with van der Waals surface area (Å²) in [5.74, 6) is 1.90. The predicted molar refractivity (Wildman–Crippen MR) is 111 cm³/mol. The van der Waals surface area contributed by atoms with Crippen LogP contribution < -0.4 is 10.6 Å². The summed E-state index contributed by atoms with van der Waals surface area (Å²) in [6, 6.07) is 7.44. The first-order valence-electron chi connectivity index (χ1n) is 10.7. The molecule has 156 valence electrons. The van der Waals surface area contributed by atoms with Gasteiger partial charge in [-0.05, 0) is 67.9 Å². The van der Waals surface area contributed by atoms with E-state index in [-0.39, 0.29) is 29.7 Å². The number of benzene rings is 1. The molecule has 0 atom stereocenters. The molecule has 0 unspecified atom stereocenters. The number of carbonyl (C=O) groups is 3. The van der Waals surface area contributed by atoms with Crippen molar-refractivity contribution in [3.8, 4) is 0 Å². The van der Waals surface area contributed by atoms with Crippen LogP contribution in [0, 0.1) is 23.2 Å². The second-order valence-electron chi connectivity index (χ2n) is 9.46. The van der Waals surface area contributed by atoms with Gasteiger partial charge in [0.1, 0.15) is 0 Å². The lowest BCUT2D eigenvalue weighted by Gasteiger charge is -2.55. The Morgan fingerprint density at radius 2 is 1.62 bits per heavy atom. The van der Waals surface area contributed by atoms with Crippen molar-refractivity contribution in [2.75, 3.05) is 18.9 Å². The van der Waals surface area contributed by atoms with E-state index >= 15 is 0 Å². The van der Waals surface area contributed by atoms with Gasteiger partial charge in [-0.2, -0.15) is 0 Å². The number of anilines is 1. The normalized spacial score (nSPS) is 29.4. The Balaban J connectivity index is 1.34. The van der Waals surface area contributed by atoms with Crippen molar-refractivity contribution >= 4 is 23.4 Å². The third-order valence-electron chi connectivity index (χ3n) is 7.17. The third kappa shape index (κ3) is 4.16. The highest BCUT2D eigenvalue weighted by Gasteiger charge is 2.54. The van der Waals surface area contributed by atoms with E-state index in [9.17, 15) is 14.4 Å². The van der Waals surface area contributed by atoms with Crippen LogP contribution in [-0.4, -0.2) is 36.2 Å². The first-order chi connectivity index (χ1) is 13.8. The molecule has 5 rings (SSSR count). The van der Waals surface area contributed by atoms with E-state index in [1.807, 2.05) is 24.3 Å². The van der Waals surface area contributed by atoms with Crippen LogP contribution in [0.2, 0.25) is 0 Å². The summed E-state index contributed by atoms with van der Waals surface area (Å²) in [6.45, 7) is 1.92. The fourth-order valence-corrected chi connectivity index (χ4v) is 6.08. The maximum absolute atomic E-state index is 13.0. The highest BCUT2D eigenvalue weighted by atomic mass is 16.2.